The molecule has 3 fully saturated rings. The Balaban J connectivity index is 1.36. The summed E-state index contributed by atoms with van der Waals surface area (Å²) in [6.45, 7) is 2.36. The van der Waals surface area contributed by atoms with Crippen molar-refractivity contribution in [2.75, 3.05) is 32.8 Å². The summed E-state index contributed by atoms with van der Waals surface area (Å²) in [4.78, 5) is 29.5. The standard InChI is InChI=1S/C23H31ClN2O3/c24-20-9-5-4-8-18(20)11-22(29)26-13-19-12-25(14-23(19,15-26)16-27)21(28)10-17-6-2-1-3-7-17/h4-5,8-9,17,19,27H,1-3,6-7,10-16H2. The van der Waals surface area contributed by atoms with Crippen LogP contribution in [0.1, 0.15) is 44.1 Å². The van der Waals surface area contributed by atoms with E-state index in [1.54, 1.807) is 6.07 Å². The van der Waals surface area contributed by atoms with Gasteiger partial charge in [-0.3, -0.25) is 9.59 Å². The number of aliphatic hydroxyl groups excluding tert-OH is 1. The largest absolute Gasteiger partial charge is 0.396 e. The average Bonchev–Trinajstić information content (AvgIpc) is 3.25. The van der Waals surface area contributed by atoms with E-state index in [9.17, 15) is 14.7 Å². The lowest BCUT2D eigenvalue weighted by molar-refractivity contribution is -0.132. The van der Waals surface area contributed by atoms with E-state index in [-0.39, 0.29) is 36.2 Å². The van der Waals surface area contributed by atoms with Gasteiger partial charge in [-0.15, -0.1) is 0 Å². The molecule has 0 radical (unpaired) electrons. The monoisotopic (exact) mass is 418 g/mol. The number of carbonyl (C=O) groups is 2. The molecule has 0 bridgehead atoms. The number of fused-ring (bicyclic) bond motifs is 1. The van der Waals surface area contributed by atoms with Crippen molar-refractivity contribution in [1.29, 1.82) is 0 Å². The Hall–Kier alpha value is -1.59. The number of amides is 2. The van der Waals surface area contributed by atoms with Crippen LogP contribution in [0.15, 0.2) is 24.3 Å². The zero-order valence-electron chi connectivity index (χ0n) is 17.0. The SMILES string of the molecule is O=C(Cc1ccccc1Cl)N1CC2CN(C(=O)CC3CCCCC3)CC2(CO)C1. The molecule has 158 valence electrons. The number of hydrogen-bond donors (Lipinski definition) is 1. The summed E-state index contributed by atoms with van der Waals surface area (Å²) in [5.74, 6) is 0.946. The van der Waals surface area contributed by atoms with Gasteiger partial charge in [-0.05, 0) is 30.4 Å². The van der Waals surface area contributed by atoms with Crippen molar-refractivity contribution in [3.05, 3.63) is 34.9 Å². The number of nitrogens with zero attached hydrogens (tertiary/aromatic N) is 2. The number of rotatable bonds is 5. The van der Waals surface area contributed by atoms with Crippen LogP contribution in [-0.2, 0) is 16.0 Å². The molecule has 3 aliphatic rings. The van der Waals surface area contributed by atoms with Gasteiger partial charge < -0.3 is 14.9 Å². The van der Waals surface area contributed by atoms with Crippen molar-refractivity contribution in [3.63, 3.8) is 0 Å². The number of benzene rings is 1. The fraction of sp³-hybridized carbons (Fsp3) is 0.652. The van der Waals surface area contributed by atoms with Crippen molar-refractivity contribution >= 4 is 23.4 Å². The summed E-state index contributed by atoms with van der Waals surface area (Å²) >= 11 is 6.20. The van der Waals surface area contributed by atoms with Crippen molar-refractivity contribution in [3.8, 4) is 0 Å². The first-order valence-corrected chi connectivity index (χ1v) is 11.3. The highest BCUT2D eigenvalue weighted by atomic mass is 35.5. The maximum Gasteiger partial charge on any atom is 0.227 e. The van der Waals surface area contributed by atoms with Crippen LogP contribution in [0.3, 0.4) is 0 Å². The number of hydrogen-bond acceptors (Lipinski definition) is 3. The second kappa shape index (κ2) is 8.65. The van der Waals surface area contributed by atoms with Crippen LogP contribution in [0.2, 0.25) is 5.02 Å². The highest BCUT2D eigenvalue weighted by Crippen LogP contribution is 2.43. The van der Waals surface area contributed by atoms with Gasteiger partial charge >= 0.3 is 0 Å². The molecule has 2 atom stereocenters. The van der Waals surface area contributed by atoms with E-state index in [4.69, 9.17) is 11.6 Å². The third-order valence-corrected chi connectivity index (χ3v) is 7.64. The van der Waals surface area contributed by atoms with Gasteiger partial charge in [-0.2, -0.15) is 0 Å². The third kappa shape index (κ3) is 4.31. The molecule has 1 saturated carbocycles. The topological polar surface area (TPSA) is 60.9 Å². The Morgan fingerprint density at radius 3 is 2.31 bits per heavy atom. The predicted molar refractivity (Wildman–Crippen MR) is 113 cm³/mol. The smallest absolute Gasteiger partial charge is 0.227 e. The van der Waals surface area contributed by atoms with E-state index < -0.39 is 0 Å². The molecule has 5 nitrogen and oxygen atoms in total. The van der Waals surface area contributed by atoms with Crippen molar-refractivity contribution in [2.45, 2.75) is 44.9 Å². The highest BCUT2D eigenvalue weighted by molar-refractivity contribution is 6.31. The first-order valence-electron chi connectivity index (χ1n) is 10.9. The van der Waals surface area contributed by atoms with Gasteiger partial charge in [-0.1, -0.05) is 49.1 Å². The highest BCUT2D eigenvalue weighted by Gasteiger charge is 2.54. The summed E-state index contributed by atoms with van der Waals surface area (Å²) in [6, 6.07) is 7.42. The average molecular weight is 419 g/mol. The van der Waals surface area contributed by atoms with Crippen molar-refractivity contribution in [2.24, 2.45) is 17.3 Å². The van der Waals surface area contributed by atoms with Gasteiger partial charge in [0.05, 0.1) is 13.0 Å². The molecule has 4 rings (SSSR count). The van der Waals surface area contributed by atoms with Crippen LogP contribution in [0.4, 0.5) is 0 Å². The van der Waals surface area contributed by atoms with Crippen LogP contribution in [-0.4, -0.2) is 59.5 Å². The van der Waals surface area contributed by atoms with Gasteiger partial charge in [0.15, 0.2) is 0 Å². The molecule has 1 aromatic carbocycles. The maximum absolute atomic E-state index is 12.8. The molecule has 29 heavy (non-hydrogen) atoms. The van der Waals surface area contributed by atoms with E-state index in [1.165, 1.54) is 32.1 Å². The van der Waals surface area contributed by atoms with E-state index in [0.29, 0.717) is 43.5 Å². The molecule has 2 heterocycles. The summed E-state index contributed by atoms with van der Waals surface area (Å²) < 4.78 is 0. The first kappa shape index (κ1) is 20.7. The molecule has 2 unspecified atom stereocenters. The maximum atomic E-state index is 12.8. The molecule has 1 N–H and O–H groups in total. The summed E-state index contributed by atoms with van der Waals surface area (Å²) in [7, 11) is 0. The van der Waals surface area contributed by atoms with E-state index in [2.05, 4.69) is 0 Å². The van der Waals surface area contributed by atoms with Crippen LogP contribution in [0.25, 0.3) is 0 Å². The van der Waals surface area contributed by atoms with Crippen molar-refractivity contribution < 1.29 is 14.7 Å². The fourth-order valence-corrected chi connectivity index (χ4v) is 5.67. The van der Waals surface area contributed by atoms with Gasteiger partial charge in [0.2, 0.25) is 11.8 Å². The summed E-state index contributed by atoms with van der Waals surface area (Å²) in [5.41, 5.74) is 0.455. The quantitative estimate of drug-likeness (QED) is 0.799. The zero-order valence-corrected chi connectivity index (χ0v) is 17.7. The number of halogens is 1. The molecular weight excluding hydrogens is 388 g/mol. The number of carbonyl (C=O) groups excluding carboxylic acids is 2. The van der Waals surface area contributed by atoms with E-state index in [1.807, 2.05) is 28.0 Å². The minimum atomic E-state index is -0.377. The fourth-order valence-electron chi connectivity index (χ4n) is 5.47. The van der Waals surface area contributed by atoms with E-state index in [0.717, 1.165) is 5.56 Å². The molecule has 2 aliphatic heterocycles. The lowest BCUT2D eigenvalue weighted by Gasteiger charge is -2.28. The minimum absolute atomic E-state index is 0.0146. The molecule has 2 saturated heterocycles. The zero-order chi connectivity index (χ0) is 20.4. The van der Waals surface area contributed by atoms with Crippen LogP contribution >= 0.6 is 11.6 Å². The Bertz CT molecular complexity index is 764. The van der Waals surface area contributed by atoms with Crippen LogP contribution in [0.5, 0.6) is 0 Å². The molecule has 0 aromatic heterocycles. The van der Waals surface area contributed by atoms with Gasteiger partial charge in [-0.25, -0.2) is 0 Å². The Morgan fingerprint density at radius 2 is 1.69 bits per heavy atom. The molecule has 1 aromatic rings. The first-order chi connectivity index (χ1) is 14.0. The van der Waals surface area contributed by atoms with Crippen molar-refractivity contribution in [1.82, 2.24) is 9.80 Å². The minimum Gasteiger partial charge on any atom is -0.396 e. The number of aliphatic hydroxyl groups is 1. The molecule has 0 spiro atoms. The van der Waals surface area contributed by atoms with Gasteiger partial charge in [0.25, 0.3) is 0 Å². The molecular formula is C23H31ClN2O3. The lowest BCUT2D eigenvalue weighted by Crippen LogP contribution is -2.41. The summed E-state index contributed by atoms with van der Waals surface area (Å²) in [5, 5.41) is 10.8. The number of likely N-dealkylation sites (tertiary alicyclic amines) is 2. The Labute approximate surface area is 178 Å². The second-order valence-corrected chi connectivity index (χ2v) is 9.65. The Kier molecular flexibility index (Phi) is 6.16. The second-order valence-electron chi connectivity index (χ2n) is 9.24. The van der Waals surface area contributed by atoms with Crippen LogP contribution < -0.4 is 0 Å². The molecule has 2 amide bonds. The van der Waals surface area contributed by atoms with E-state index >= 15 is 0 Å². The predicted octanol–water partition coefficient (Wildman–Crippen LogP) is 3.13. The molecule has 1 aliphatic carbocycles. The molecule has 6 heteroatoms. The lowest BCUT2D eigenvalue weighted by atomic mass is 9.82. The van der Waals surface area contributed by atoms with Crippen LogP contribution in [0, 0.1) is 17.3 Å². The van der Waals surface area contributed by atoms with Gasteiger partial charge in [0.1, 0.15) is 0 Å². The Morgan fingerprint density at radius 1 is 1.03 bits per heavy atom. The summed E-state index contributed by atoms with van der Waals surface area (Å²) in [6.07, 6.45) is 7.02. The van der Waals surface area contributed by atoms with Gasteiger partial charge in [0, 0.05) is 49.0 Å². The normalized spacial score (nSPS) is 27.3. The third-order valence-electron chi connectivity index (χ3n) is 7.27.